The molecule has 7 nitrogen and oxygen atoms in total. The molecule has 124 valence electrons. The summed E-state index contributed by atoms with van der Waals surface area (Å²) < 4.78 is 5.33. The number of carbonyl (C=O) groups is 1. The highest BCUT2D eigenvalue weighted by atomic mass is 16.5. The number of Topliss-reactive ketones (excluding diaryl/α,β-unsaturated/α-hetero) is 1. The van der Waals surface area contributed by atoms with Crippen LogP contribution in [0.2, 0.25) is 0 Å². The summed E-state index contributed by atoms with van der Waals surface area (Å²) >= 11 is 0. The molecule has 3 rings (SSSR count). The molecule has 0 aromatic carbocycles. The standard InChI is InChI=1S/C16H23N5O2/c22-14-6-4-2-1-3-5-13(14)17-18-15-7-8-16(20-19-15)21-9-11-23-12-10-21/h7-8H,1-6,9-12H2,(H,18,19)/b17-13+. The number of carbonyl (C=O) groups excluding carboxylic acids is 1. The van der Waals surface area contributed by atoms with Crippen LogP contribution in [0.3, 0.4) is 0 Å². The zero-order chi connectivity index (χ0) is 15.9. The number of anilines is 2. The number of ketones is 1. The molecule has 2 aliphatic rings. The maximum absolute atomic E-state index is 12.0. The Bertz CT molecular complexity index is 552. The molecule has 0 atom stereocenters. The highest BCUT2D eigenvalue weighted by Crippen LogP contribution is 2.15. The van der Waals surface area contributed by atoms with Crippen molar-refractivity contribution < 1.29 is 9.53 Å². The molecule has 0 radical (unpaired) electrons. The molecule has 0 unspecified atom stereocenters. The van der Waals surface area contributed by atoms with Gasteiger partial charge in [0.05, 0.1) is 13.2 Å². The third-order valence-corrected chi connectivity index (χ3v) is 4.18. The third-order valence-electron chi connectivity index (χ3n) is 4.18. The fraction of sp³-hybridized carbons (Fsp3) is 0.625. The normalized spacial score (nSPS) is 21.8. The Labute approximate surface area is 136 Å². The van der Waals surface area contributed by atoms with Crippen molar-refractivity contribution >= 4 is 23.1 Å². The van der Waals surface area contributed by atoms with E-state index in [0.717, 1.165) is 57.8 Å². The lowest BCUT2D eigenvalue weighted by Crippen LogP contribution is -2.36. The highest BCUT2D eigenvalue weighted by Gasteiger charge is 2.15. The van der Waals surface area contributed by atoms with Gasteiger partial charge in [0.2, 0.25) is 0 Å². The molecule has 1 aliphatic carbocycles. The molecule has 1 aromatic heterocycles. The van der Waals surface area contributed by atoms with E-state index in [1.165, 1.54) is 6.42 Å². The lowest BCUT2D eigenvalue weighted by molar-refractivity contribution is -0.113. The monoisotopic (exact) mass is 317 g/mol. The Morgan fingerprint density at radius 1 is 1.04 bits per heavy atom. The topological polar surface area (TPSA) is 79.7 Å². The van der Waals surface area contributed by atoms with Crippen LogP contribution in [-0.4, -0.2) is 48.0 Å². The first-order valence-electron chi connectivity index (χ1n) is 8.35. The van der Waals surface area contributed by atoms with E-state index >= 15 is 0 Å². The molecule has 1 saturated heterocycles. The van der Waals surface area contributed by atoms with Gasteiger partial charge in [0, 0.05) is 19.5 Å². The number of hydrogen-bond donors (Lipinski definition) is 1. The van der Waals surface area contributed by atoms with Gasteiger partial charge < -0.3 is 9.64 Å². The molecule has 1 aromatic rings. The lowest BCUT2D eigenvalue weighted by atomic mass is 9.98. The number of rotatable bonds is 3. The minimum Gasteiger partial charge on any atom is -0.378 e. The second-order valence-electron chi connectivity index (χ2n) is 5.88. The molecule has 1 aliphatic heterocycles. The van der Waals surface area contributed by atoms with E-state index in [4.69, 9.17) is 4.74 Å². The van der Waals surface area contributed by atoms with Crippen LogP contribution >= 0.6 is 0 Å². The summed E-state index contributed by atoms with van der Waals surface area (Å²) in [5, 5.41) is 12.6. The van der Waals surface area contributed by atoms with E-state index in [0.29, 0.717) is 18.0 Å². The first kappa shape index (κ1) is 15.9. The van der Waals surface area contributed by atoms with Gasteiger partial charge in [-0.15, -0.1) is 10.2 Å². The summed E-state index contributed by atoms with van der Waals surface area (Å²) in [4.78, 5) is 14.2. The average molecular weight is 317 g/mol. The number of ether oxygens (including phenoxy) is 1. The van der Waals surface area contributed by atoms with Gasteiger partial charge in [-0.1, -0.05) is 12.8 Å². The minimum atomic E-state index is 0.148. The molecular formula is C16H23N5O2. The molecule has 0 spiro atoms. The van der Waals surface area contributed by atoms with Gasteiger partial charge in [-0.3, -0.25) is 10.2 Å². The Morgan fingerprint density at radius 2 is 1.83 bits per heavy atom. The summed E-state index contributed by atoms with van der Waals surface area (Å²) in [7, 11) is 0. The molecule has 7 heteroatoms. The Hall–Kier alpha value is -2.02. The zero-order valence-electron chi connectivity index (χ0n) is 13.3. The molecule has 1 saturated carbocycles. The number of morpholine rings is 1. The fourth-order valence-electron chi connectivity index (χ4n) is 2.80. The van der Waals surface area contributed by atoms with Crippen molar-refractivity contribution in [3.8, 4) is 0 Å². The Morgan fingerprint density at radius 3 is 2.57 bits per heavy atom. The van der Waals surface area contributed by atoms with Crippen molar-refractivity contribution in [3.63, 3.8) is 0 Å². The van der Waals surface area contributed by atoms with Crippen molar-refractivity contribution in [2.75, 3.05) is 36.6 Å². The van der Waals surface area contributed by atoms with Gasteiger partial charge in [0.1, 0.15) is 5.71 Å². The van der Waals surface area contributed by atoms with E-state index in [2.05, 4.69) is 25.6 Å². The van der Waals surface area contributed by atoms with Gasteiger partial charge in [-0.25, -0.2) is 0 Å². The quantitative estimate of drug-likeness (QED) is 0.859. The van der Waals surface area contributed by atoms with E-state index in [-0.39, 0.29) is 5.78 Å². The number of nitrogens with zero attached hydrogens (tertiary/aromatic N) is 4. The smallest absolute Gasteiger partial charge is 0.178 e. The van der Waals surface area contributed by atoms with Gasteiger partial charge in [0.15, 0.2) is 17.4 Å². The Kier molecular flexibility index (Phi) is 5.52. The third kappa shape index (κ3) is 4.48. The van der Waals surface area contributed by atoms with E-state index < -0.39 is 0 Å². The Balaban J connectivity index is 1.60. The molecule has 2 heterocycles. The van der Waals surface area contributed by atoms with Crippen LogP contribution in [0.5, 0.6) is 0 Å². The summed E-state index contributed by atoms with van der Waals surface area (Å²) in [6.45, 7) is 3.10. The van der Waals surface area contributed by atoms with Crippen LogP contribution in [-0.2, 0) is 9.53 Å². The molecule has 0 amide bonds. The molecule has 0 bridgehead atoms. The van der Waals surface area contributed by atoms with Crippen molar-refractivity contribution in [1.82, 2.24) is 10.2 Å². The van der Waals surface area contributed by atoms with Gasteiger partial charge in [-0.05, 0) is 31.4 Å². The fourth-order valence-corrected chi connectivity index (χ4v) is 2.80. The predicted molar refractivity (Wildman–Crippen MR) is 88.8 cm³/mol. The number of aromatic nitrogens is 2. The minimum absolute atomic E-state index is 0.148. The summed E-state index contributed by atoms with van der Waals surface area (Å²) in [5.74, 6) is 1.55. The molecule has 2 fully saturated rings. The first-order valence-corrected chi connectivity index (χ1v) is 8.35. The van der Waals surface area contributed by atoms with Crippen LogP contribution in [0.4, 0.5) is 11.6 Å². The second-order valence-corrected chi connectivity index (χ2v) is 5.88. The van der Waals surface area contributed by atoms with Crippen molar-refractivity contribution in [2.24, 2.45) is 5.10 Å². The maximum Gasteiger partial charge on any atom is 0.178 e. The van der Waals surface area contributed by atoms with Crippen LogP contribution in [0, 0.1) is 0 Å². The van der Waals surface area contributed by atoms with Crippen LogP contribution in [0.1, 0.15) is 38.5 Å². The summed E-state index contributed by atoms with van der Waals surface area (Å²) in [5.41, 5.74) is 3.50. The van der Waals surface area contributed by atoms with Crippen LogP contribution in [0.25, 0.3) is 0 Å². The number of hydrogen-bond acceptors (Lipinski definition) is 7. The van der Waals surface area contributed by atoms with Gasteiger partial charge >= 0.3 is 0 Å². The second kappa shape index (κ2) is 8.01. The number of nitrogens with one attached hydrogen (secondary N) is 1. The lowest BCUT2D eigenvalue weighted by Gasteiger charge is -2.27. The first-order chi connectivity index (χ1) is 11.3. The van der Waals surface area contributed by atoms with Crippen molar-refractivity contribution in [2.45, 2.75) is 38.5 Å². The summed E-state index contributed by atoms with van der Waals surface area (Å²) in [6, 6.07) is 3.76. The molecule has 23 heavy (non-hydrogen) atoms. The van der Waals surface area contributed by atoms with Crippen LogP contribution in [0.15, 0.2) is 17.2 Å². The van der Waals surface area contributed by atoms with Gasteiger partial charge in [-0.2, -0.15) is 5.10 Å². The van der Waals surface area contributed by atoms with E-state index in [9.17, 15) is 4.79 Å². The largest absolute Gasteiger partial charge is 0.378 e. The van der Waals surface area contributed by atoms with E-state index in [1.807, 2.05) is 12.1 Å². The maximum atomic E-state index is 12.0. The van der Waals surface area contributed by atoms with Gasteiger partial charge in [0.25, 0.3) is 0 Å². The number of hydrazone groups is 1. The molecular weight excluding hydrogens is 294 g/mol. The predicted octanol–water partition coefficient (Wildman–Crippen LogP) is 2.00. The molecule has 1 N–H and O–H groups in total. The van der Waals surface area contributed by atoms with Crippen LogP contribution < -0.4 is 10.3 Å². The SMILES string of the molecule is O=C1CCCCCC/C1=N\Nc1ccc(N2CCOCC2)nn1. The van der Waals surface area contributed by atoms with Crippen molar-refractivity contribution in [1.29, 1.82) is 0 Å². The average Bonchev–Trinajstić information content (AvgIpc) is 2.59. The van der Waals surface area contributed by atoms with Crippen molar-refractivity contribution in [3.05, 3.63) is 12.1 Å². The summed E-state index contributed by atoms with van der Waals surface area (Å²) in [6.07, 6.45) is 5.63. The zero-order valence-corrected chi connectivity index (χ0v) is 13.3. The highest BCUT2D eigenvalue weighted by molar-refractivity contribution is 6.39. The van der Waals surface area contributed by atoms with E-state index in [1.54, 1.807) is 0 Å².